The average Bonchev–Trinajstić information content (AvgIpc) is 2.75. The summed E-state index contributed by atoms with van der Waals surface area (Å²) in [5, 5.41) is 12.5. The molecular weight excluding hydrogens is 286 g/mol. The van der Waals surface area contributed by atoms with Gasteiger partial charge in [-0.25, -0.2) is 0 Å². The molecule has 0 aliphatic carbocycles. The van der Waals surface area contributed by atoms with Crippen LogP contribution >= 0.6 is 23.4 Å². The molecule has 6 N–H and O–H groups in total. The number of benzene rings is 1. The summed E-state index contributed by atoms with van der Waals surface area (Å²) in [6.45, 7) is 0. The lowest BCUT2D eigenvalue weighted by atomic mass is 10.3. The van der Waals surface area contributed by atoms with Crippen molar-refractivity contribution in [2.75, 3.05) is 0 Å². The van der Waals surface area contributed by atoms with Crippen molar-refractivity contribution in [1.29, 1.82) is 0 Å². The number of hydrogen-bond acceptors (Lipinski definition) is 6. The topological polar surface area (TPSA) is 91.2 Å². The first-order valence-corrected chi connectivity index (χ1v) is 6.90. The van der Waals surface area contributed by atoms with Gasteiger partial charge in [-0.3, -0.25) is 10.5 Å². The van der Waals surface area contributed by atoms with Crippen molar-refractivity contribution in [1.82, 2.24) is 21.3 Å². The van der Waals surface area contributed by atoms with E-state index in [-0.39, 0.29) is 11.4 Å². The van der Waals surface area contributed by atoms with Crippen LogP contribution in [0.2, 0.25) is 5.02 Å². The van der Waals surface area contributed by atoms with Crippen LogP contribution in [0.1, 0.15) is 0 Å². The second-order valence-corrected chi connectivity index (χ2v) is 5.70. The summed E-state index contributed by atoms with van der Waals surface area (Å²) in [5.74, 6) is 0.413. The van der Waals surface area contributed by atoms with E-state index in [0.717, 1.165) is 4.90 Å². The van der Waals surface area contributed by atoms with Crippen molar-refractivity contribution >= 4 is 29.3 Å². The van der Waals surface area contributed by atoms with E-state index in [0.29, 0.717) is 16.5 Å². The Morgan fingerprint density at radius 2 is 1.84 bits per heavy atom. The fourth-order valence-corrected chi connectivity index (χ4v) is 2.89. The molecule has 1 amide bonds. The molecule has 100 valence electrons. The predicted octanol–water partition coefficient (Wildman–Crippen LogP) is 0.0393. The molecular formula is C11H12ClN5OS. The zero-order chi connectivity index (χ0) is 13.4. The van der Waals surface area contributed by atoms with Gasteiger partial charge in [0.25, 0.3) is 5.91 Å². The van der Waals surface area contributed by atoms with Crippen LogP contribution in [0.4, 0.5) is 0 Å². The van der Waals surface area contributed by atoms with Crippen LogP contribution in [-0.2, 0) is 4.79 Å². The van der Waals surface area contributed by atoms with Crippen molar-refractivity contribution in [3.05, 3.63) is 40.8 Å². The summed E-state index contributed by atoms with van der Waals surface area (Å²) >= 11 is 7.38. The molecule has 0 radical (unpaired) electrons. The van der Waals surface area contributed by atoms with Gasteiger partial charge in [0, 0.05) is 9.92 Å². The average molecular weight is 298 g/mol. The van der Waals surface area contributed by atoms with Crippen molar-refractivity contribution in [2.24, 2.45) is 5.73 Å². The van der Waals surface area contributed by atoms with E-state index in [9.17, 15) is 4.79 Å². The van der Waals surface area contributed by atoms with Crippen LogP contribution in [0.3, 0.4) is 0 Å². The molecule has 2 heterocycles. The fourth-order valence-electron chi connectivity index (χ4n) is 1.85. The highest BCUT2D eigenvalue weighted by molar-refractivity contribution is 7.99. The van der Waals surface area contributed by atoms with Gasteiger partial charge in [-0.15, -0.1) is 0 Å². The standard InChI is InChI=1S/C11H12ClN5OS/c12-5-1-3-6(4-2-5)19-11-14-7-8(16-11)15-10(13)17-9(7)18/h1-4,10-11,14-16H,13H2,(H,17,18). The van der Waals surface area contributed by atoms with Gasteiger partial charge in [-0.2, -0.15) is 0 Å². The molecule has 6 nitrogen and oxygen atoms in total. The third-order valence-electron chi connectivity index (χ3n) is 2.68. The predicted molar refractivity (Wildman–Crippen MR) is 73.6 cm³/mol. The maximum atomic E-state index is 11.7. The van der Waals surface area contributed by atoms with Gasteiger partial charge in [0.1, 0.15) is 11.5 Å². The number of carbonyl (C=O) groups is 1. The molecule has 2 atom stereocenters. The molecule has 8 heteroatoms. The third-order valence-corrected chi connectivity index (χ3v) is 3.95. The van der Waals surface area contributed by atoms with Crippen LogP contribution in [0.15, 0.2) is 40.7 Å². The zero-order valence-electron chi connectivity index (χ0n) is 9.74. The number of carbonyl (C=O) groups excluding carboxylic acids is 1. The molecule has 3 rings (SSSR count). The minimum absolute atomic E-state index is 0.130. The van der Waals surface area contributed by atoms with Crippen LogP contribution in [-0.4, -0.2) is 17.7 Å². The van der Waals surface area contributed by atoms with Crippen molar-refractivity contribution in [3.63, 3.8) is 0 Å². The summed E-state index contributed by atoms with van der Waals surface area (Å²) in [5.41, 5.74) is 5.98. The van der Waals surface area contributed by atoms with E-state index in [4.69, 9.17) is 17.3 Å². The Hall–Kier alpha value is -1.57. The van der Waals surface area contributed by atoms with Gasteiger partial charge < -0.3 is 21.3 Å². The Morgan fingerprint density at radius 1 is 1.11 bits per heavy atom. The lowest BCUT2D eigenvalue weighted by Gasteiger charge is -2.22. The third kappa shape index (κ3) is 2.58. The molecule has 2 aliphatic rings. The smallest absolute Gasteiger partial charge is 0.273 e. The highest BCUT2D eigenvalue weighted by atomic mass is 35.5. The largest absolute Gasteiger partial charge is 0.349 e. The molecule has 2 unspecified atom stereocenters. The number of thioether (sulfide) groups is 1. The van der Waals surface area contributed by atoms with Gasteiger partial charge >= 0.3 is 0 Å². The van der Waals surface area contributed by atoms with Gasteiger partial charge in [0.2, 0.25) is 0 Å². The molecule has 0 saturated carbocycles. The second kappa shape index (κ2) is 4.84. The van der Waals surface area contributed by atoms with Gasteiger partial charge in [0.05, 0.1) is 0 Å². The van der Waals surface area contributed by atoms with Crippen molar-refractivity contribution < 1.29 is 4.79 Å². The maximum absolute atomic E-state index is 11.7. The normalized spacial score (nSPS) is 25.1. The Morgan fingerprint density at radius 3 is 2.58 bits per heavy atom. The Kier molecular flexibility index (Phi) is 3.17. The van der Waals surface area contributed by atoms with E-state index >= 15 is 0 Å². The summed E-state index contributed by atoms with van der Waals surface area (Å²) in [7, 11) is 0. The van der Waals surface area contributed by atoms with Gasteiger partial charge in [-0.05, 0) is 24.3 Å². The Labute approximate surface area is 119 Å². The SMILES string of the molecule is NC1NC(=O)C2=C(N1)NC(Sc1ccc(Cl)cc1)N2. The fraction of sp³-hybridized carbons (Fsp3) is 0.182. The lowest BCUT2D eigenvalue weighted by Crippen LogP contribution is -2.57. The minimum Gasteiger partial charge on any atom is -0.349 e. The number of rotatable bonds is 2. The van der Waals surface area contributed by atoms with Gasteiger partial charge in [-0.1, -0.05) is 23.4 Å². The van der Waals surface area contributed by atoms with E-state index in [1.165, 1.54) is 0 Å². The number of nitrogens with two attached hydrogens (primary N) is 1. The van der Waals surface area contributed by atoms with Crippen LogP contribution < -0.4 is 27.0 Å². The lowest BCUT2D eigenvalue weighted by molar-refractivity contribution is -0.119. The molecule has 0 saturated heterocycles. The summed E-state index contributed by atoms with van der Waals surface area (Å²) in [6.07, 6.45) is -0.570. The van der Waals surface area contributed by atoms with Crippen LogP contribution in [0, 0.1) is 0 Å². The highest BCUT2D eigenvalue weighted by Gasteiger charge is 2.32. The van der Waals surface area contributed by atoms with E-state index < -0.39 is 6.29 Å². The number of amides is 1. The van der Waals surface area contributed by atoms with E-state index in [1.54, 1.807) is 11.8 Å². The molecule has 2 aliphatic heterocycles. The van der Waals surface area contributed by atoms with Crippen molar-refractivity contribution in [3.8, 4) is 0 Å². The first-order chi connectivity index (χ1) is 9.11. The summed E-state index contributed by atoms with van der Waals surface area (Å²) in [6, 6.07) is 7.50. The van der Waals surface area contributed by atoms with E-state index in [2.05, 4.69) is 21.3 Å². The number of nitrogens with one attached hydrogen (secondary N) is 4. The van der Waals surface area contributed by atoms with E-state index in [1.807, 2.05) is 24.3 Å². The van der Waals surface area contributed by atoms with Crippen molar-refractivity contribution in [2.45, 2.75) is 16.7 Å². The second-order valence-electron chi connectivity index (χ2n) is 4.09. The first-order valence-electron chi connectivity index (χ1n) is 5.64. The number of halogens is 1. The quantitative estimate of drug-likeness (QED) is 0.529. The summed E-state index contributed by atoms with van der Waals surface area (Å²) in [4.78, 5) is 12.8. The molecule has 0 bridgehead atoms. The minimum atomic E-state index is -0.570. The maximum Gasteiger partial charge on any atom is 0.273 e. The molecule has 0 aromatic heterocycles. The monoisotopic (exact) mass is 297 g/mol. The summed E-state index contributed by atoms with van der Waals surface area (Å²) < 4.78 is 0. The molecule has 0 spiro atoms. The van der Waals surface area contributed by atoms with Gasteiger partial charge in [0.15, 0.2) is 11.8 Å². The van der Waals surface area contributed by atoms with Crippen LogP contribution in [0.25, 0.3) is 0 Å². The molecule has 1 aromatic rings. The molecule has 19 heavy (non-hydrogen) atoms. The zero-order valence-corrected chi connectivity index (χ0v) is 11.3. The molecule has 1 aromatic carbocycles. The Balaban J connectivity index is 1.68. The molecule has 0 fully saturated rings. The highest BCUT2D eigenvalue weighted by Crippen LogP contribution is 2.26. The Bertz CT molecular complexity index is 547. The van der Waals surface area contributed by atoms with Crippen LogP contribution in [0.5, 0.6) is 0 Å². The number of hydrogen-bond donors (Lipinski definition) is 5. The first kappa shape index (κ1) is 12.5.